The maximum Gasteiger partial charge on any atom is 0.277 e. The smallest absolute Gasteiger partial charge is 0.277 e. The number of anilines is 1. The zero-order chi connectivity index (χ0) is 19.4. The van der Waals surface area contributed by atoms with Gasteiger partial charge in [-0.2, -0.15) is 0 Å². The van der Waals surface area contributed by atoms with Crippen molar-refractivity contribution in [2.75, 3.05) is 11.1 Å². The first kappa shape index (κ1) is 19.3. The third-order valence-electron chi connectivity index (χ3n) is 3.27. The Morgan fingerprint density at radius 1 is 1.30 bits per heavy atom. The number of nitro benzene ring substituents is 1. The van der Waals surface area contributed by atoms with E-state index in [-0.39, 0.29) is 27.4 Å². The largest absolute Gasteiger partial charge is 0.411 e. The van der Waals surface area contributed by atoms with Crippen LogP contribution in [0.3, 0.4) is 0 Å². The summed E-state index contributed by atoms with van der Waals surface area (Å²) in [5, 5.41) is 21.6. The summed E-state index contributed by atoms with van der Waals surface area (Å²) in [4.78, 5) is 22.3. The molecular weight excluding hydrogens is 460 g/mol. The summed E-state index contributed by atoms with van der Waals surface area (Å²) in [5.41, 5.74) is 0.734. The highest BCUT2D eigenvalue weighted by Crippen LogP contribution is 2.30. The number of hydrogen-bond donors (Lipinski definition) is 1. The van der Waals surface area contributed by atoms with Crippen molar-refractivity contribution in [3.63, 3.8) is 0 Å². The van der Waals surface area contributed by atoms with Gasteiger partial charge in [-0.15, -0.1) is 10.2 Å². The number of rotatable bonds is 6. The number of nitrogens with zero attached hydrogens (tertiary/aromatic N) is 3. The molecule has 0 aliphatic heterocycles. The van der Waals surface area contributed by atoms with Crippen molar-refractivity contribution >= 4 is 56.6 Å². The predicted octanol–water partition coefficient (Wildman–Crippen LogP) is 4.79. The molecule has 0 spiro atoms. The van der Waals surface area contributed by atoms with Crippen LogP contribution in [0.2, 0.25) is 5.02 Å². The molecule has 2 aromatic carbocycles. The number of nitro groups is 1. The average Bonchev–Trinajstić information content (AvgIpc) is 3.11. The molecule has 0 saturated carbocycles. The van der Waals surface area contributed by atoms with Gasteiger partial charge in [-0.3, -0.25) is 14.9 Å². The van der Waals surface area contributed by atoms with E-state index >= 15 is 0 Å². The van der Waals surface area contributed by atoms with Gasteiger partial charge < -0.3 is 9.73 Å². The summed E-state index contributed by atoms with van der Waals surface area (Å²) in [6.07, 6.45) is 0. The first-order chi connectivity index (χ1) is 12.9. The molecule has 1 amide bonds. The van der Waals surface area contributed by atoms with E-state index in [4.69, 9.17) is 16.0 Å². The van der Waals surface area contributed by atoms with Crippen LogP contribution in [0.4, 0.5) is 11.4 Å². The third-order valence-corrected chi connectivity index (χ3v) is 5.11. The summed E-state index contributed by atoms with van der Waals surface area (Å²) in [5.74, 6) is -0.119. The van der Waals surface area contributed by atoms with E-state index in [0.29, 0.717) is 5.89 Å². The molecule has 0 saturated heterocycles. The lowest BCUT2D eigenvalue weighted by Gasteiger charge is -2.06. The second-order valence-corrected chi connectivity index (χ2v) is 7.30. The fraction of sp³-hybridized carbons (Fsp3) is 0.0625. The number of nitrogens with one attached hydrogen (secondary N) is 1. The maximum absolute atomic E-state index is 12.1. The predicted molar refractivity (Wildman–Crippen MR) is 105 cm³/mol. The van der Waals surface area contributed by atoms with Gasteiger partial charge in [0.25, 0.3) is 10.9 Å². The Hall–Kier alpha value is -2.43. The van der Waals surface area contributed by atoms with Crippen molar-refractivity contribution in [2.24, 2.45) is 0 Å². The lowest BCUT2D eigenvalue weighted by Crippen LogP contribution is -2.14. The molecular formula is C16H10BrClN4O4S. The zero-order valence-corrected chi connectivity index (χ0v) is 16.5. The van der Waals surface area contributed by atoms with Crippen LogP contribution >= 0.6 is 39.3 Å². The van der Waals surface area contributed by atoms with Gasteiger partial charge in [-0.1, -0.05) is 35.5 Å². The van der Waals surface area contributed by atoms with E-state index in [9.17, 15) is 14.9 Å². The minimum absolute atomic E-state index is 0.0311. The second kappa shape index (κ2) is 8.51. The fourth-order valence-electron chi connectivity index (χ4n) is 2.05. The standard InChI is InChI=1S/C16H10BrClN4O4S/c17-11-4-2-1-3-10(11)15-20-21-16(26-15)27-8-14(23)19-13-7-9(22(24)25)5-6-12(13)18/h1-7H,8H2,(H,19,23). The molecule has 8 nitrogen and oxygen atoms in total. The summed E-state index contributed by atoms with van der Waals surface area (Å²) >= 11 is 10.4. The van der Waals surface area contributed by atoms with E-state index in [1.807, 2.05) is 24.3 Å². The van der Waals surface area contributed by atoms with Crippen LogP contribution in [-0.4, -0.2) is 26.8 Å². The van der Waals surface area contributed by atoms with Crippen molar-refractivity contribution in [1.82, 2.24) is 10.2 Å². The highest BCUT2D eigenvalue weighted by molar-refractivity contribution is 9.10. The highest BCUT2D eigenvalue weighted by Gasteiger charge is 2.15. The van der Waals surface area contributed by atoms with Crippen LogP contribution in [0.5, 0.6) is 0 Å². The number of halogens is 2. The Labute approximate surface area is 170 Å². The number of carbonyl (C=O) groups excluding carboxylic acids is 1. The van der Waals surface area contributed by atoms with E-state index in [0.717, 1.165) is 21.8 Å². The summed E-state index contributed by atoms with van der Waals surface area (Å²) in [7, 11) is 0. The molecule has 0 radical (unpaired) electrons. The Bertz CT molecular complexity index is 1010. The lowest BCUT2D eigenvalue weighted by molar-refractivity contribution is -0.384. The van der Waals surface area contributed by atoms with Crippen LogP contribution in [0.25, 0.3) is 11.5 Å². The average molecular weight is 470 g/mol. The molecule has 3 aromatic rings. The van der Waals surface area contributed by atoms with Crippen molar-refractivity contribution in [2.45, 2.75) is 5.22 Å². The lowest BCUT2D eigenvalue weighted by atomic mass is 10.2. The van der Waals surface area contributed by atoms with Crippen LogP contribution in [0.15, 0.2) is 56.6 Å². The molecule has 1 aromatic heterocycles. The van der Waals surface area contributed by atoms with Crippen LogP contribution in [0, 0.1) is 10.1 Å². The Kier molecular flexibility index (Phi) is 6.09. The molecule has 1 N–H and O–H groups in total. The van der Waals surface area contributed by atoms with Gasteiger partial charge >= 0.3 is 0 Å². The van der Waals surface area contributed by atoms with Gasteiger partial charge in [0.15, 0.2) is 0 Å². The van der Waals surface area contributed by atoms with Crippen LogP contribution in [-0.2, 0) is 4.79 Å². The van der Waals surface area contributed by atoms with E-state index in [2.05, 4.69) is 31.4 Å². The fourth-order valence-corrected chi connectivity index (χ4v) is 3.23. The normalized spacial score (nSPS) is 10.6. The second-order valence-electron chi connectivity index (χ2n) is 5.11. The SMILES string of the molecule is O=C(CSc1nnc(-c2ccccc2Br)o1)Nc1cc([N+](=O)[O-])ccc1Cl. The number of thioether (sulfide) groups is 1. The van der Waals surface area contributed by atoms with Gasteiger partial charge in [0.2, 0.25) is 11.8 Å². The Balaban J connectivity index is 1.63. The first-order valence-corrected chi connectivity index (χ1v) is 9.54. The molecule has 0 aliphatic carbocycles. The van der Waals surface area contributed by atoms with Gasteiger partial charge in [-0.25, -0.2) is 0 Å². The molecule has 1 heterocycles. The first-order valence-electron chi connectivity index (χ1n) is 7.39. The van der Waals surface area contributed by atoms with Crippen LogP contribution in [0.1, 0.15) is 0 Å². The van der Waals surface area contributed by atoms with Gasteiger partial charge in [0.1, 0.15) is 0 Å². The van der Waals surface area contributed by atoms with E-state index < -0.39 is 10.8 Å². The topological polar surface area (TPSA) is 111 Å². The Morgan fingerprint density at radius 2 is 2.07 bits per heavy atom. The molecule has 27 heavy (non-hydrogen) atoms. The van der Waals surface area contributed by atoms with Crippen molar-refractivity contribution in [3.05, 3.63) is 62.1 Å². The number of aromatic nitrogens is 2. The molecule has 11 heteroatoms. The maximum atomic E-state index is 12.1. The number of hydrogen-bond acceptors (Lipinski definition) is 7. The molecule has 0 atom stereocenters. The quantitative estimate of drug-likeness (QED) is 0.314. The summed E-state index contributed by atoms with van der Waals surface area (Å²) in [6, 6.07) is 11.2. The monoisotopic (exact) mass is 468 g/mol. The van der Waals surface area contributed by atoms with E-state index in [1.165, 1.54) is 18.2 Å². The molecule has 0 fully saturated rings. The third kappa shape index (κ3) is 4.85. The van der Waals surface area contributed by atoms with Crippen molar-refractivity contribution in [1.29, 1.82) is 0 Å². The van der Waals surface area contributed by atoms with E-state index in [1.54, 1.807) is 0 Å². The molecule has 0 unspecified atom stereocenters. The molecule has 0 bridgehead atoms. The number of carbonyl (C=O) groups is 1. The minimum atomic E-state index is -0.567. The molecule has 138 valence electrons. The summed E-state index contributed by atoms with van der Waals surface area (Å²) in [6.45, 7) is 0. The zero-order valence-electron chi connectivity index (χ0n) is 13.4. The van der Waals surface area contributed by atoms with Crippen LogP contribution < -0.4 is 5.32 Å². The summed E-state index contributed by atoms with van der Waals surface area (Å²) < 4.78 is 6.35. The number of non-ortho nitro benzene ring substituents is 1. The highest BCUT2D eigenvalue weighted by atomic mass is 79.9. The number of amides is 1. The van der Waals surface area contributed by atoms with Crippen molar-refractivity contribution in [3.8, 4) is 11.5 Å². The number of benzene rings is 2. The molecule has 0 aliphatic rings. The minimum Gasteiger partial charge on any atom is -0.411 e. The molecule has 3 rings (SSSR count). The van der Waals surface area contributed by atoms with Gasteiger partial charge in [0, 0.05) is 16.6 Å². The van der Waals surface area contributed by atoms with Gasteiger partial charge in [0.05, 0.1) is 26.9 Å². The Morgan fingerprint density at radius 3 is 2.81 bits per heavy atom. The van der Waals surface area contributed by atoms with Crippen molar-refractivity contribution < 1.29 is 14.1 Å². The van der Waals surface area contributed by atoms with Gasteiger partial charge in [-0.05, 0) is 34.1 Å².